The highest BCUT2D eigenvalue weighted by atomic mass is 16.7. The van der Waals surface area contributed by atoms with Gasteiger partial charge in [-0.3, -0.25) is 4.79 Å². The Hall–Kier alpha value is -1.51. The summed E-state index contributed by atoms with van der Waals surface area (Å²) >= 11 is 0. The van der Waals surface area contributed by atoms with Crippen molar-refractivity contribution in [3.63, 3.8) is 0 Å². The van der Waals surface area contributed by atoms with Crippen LogP contribution in [0.25, 0.3) is 0 Å². The largest absolute Gasteiger partial charge is 0.394 e. The maximum absolute atomic E-state index is 11.3. The van der Waals surface area contributed by atoms with Crippen LogP contribution in [-0.4, -0.2) is 65.1 Å². The Kier molecular flexibility index (Phi) is 6.49. The predicted octanol–water partition coefficient (Wildman–Crippen LogP) is -0.811. The lowest BCUT2D eigenvalue weighted by Crippen LogP contribution is -2.64. The van der Waals surface area contributed by atoms with Crippen LogP contribution in [0.2, 0.25) is 0 Å². The number of carbonyl (C=O) groups excluding carboxylic acids is 1. The molecule has 1 heterocycles. The summed E-state index contributed by atoms with van der Waals surface area (Å²) in [6, 6.07) is 8.80. The molecule has 128 valence electrons. The first-order valence-electron chi connectivity index (χ1n) is 7.58. The number of aliphatic hydroxyl groups excluding tert-OH is 3. The molecule has 23 heavy (non-hydrogen) atoms. The molecule has 2 rings (SSSR count). The van der Waals surface area contributed by atoms with E-state index in [1.807, 2.05) is 30.3 Å². The summed E-state index contributed by atoms with van der Waals surface area (Å²) in [5.41, 5.74) is 1.08. The van der Waals surface area contributed by atoms with Gasteiger partial charge in [0.25, 0.3) is 0 Å². The molecule has 0 bridgehead atoms. The SMILES string of the molecule is CC(=O)N[C@H]1[C@@H](OCCc2ccccc2)O[C@H](CO)[C@@H](O)[C@@H]1O. The van der Waals surface area contributed by atoms with E-state index in [1.165, 1.54) is 6.92 Å². The molecule has 4 N–H and O–H groups in total. The first kappa shape index (κ1) is 17.8. The molecule has 1 aromatic rings. The van der Waals surface area contributed by atoms with Crippen molar-refractivity contribution in [3.05, 3.63) is 35.9 Å². The van der Waals surface area contributed by atoms with E-state index in [2.05, 4.69) is 5.32 Å². The van der Waals surface area contributed by atoms with Gasteiger partial charge in [-0.15, -0.1) is 0 Å². The molecule has 0 unspecified atom stereocenters. The molecular weight excluding hydrogens is 302 g/mol. The van der Waals surface area contributed by atoms with E-state index in [0.717, 1.165) is 5.56 Å². The topological polar surface area (TPSA) is 108 Å². The normalized spacial score (nSPS) is 30.9. The second-order valence-corrected chi connectivity index (χ2v) is 5.54. The first-order valence-corrected chi connectivity index (χ1v) is 7.58. The van der Waals surface area contributed by atoms with Crippen LogP contribution in [0.3, 0.4) is 0 Å². The number of hydrogen-bond donors (Lipinski definition) is 4. The molecule has 1 aliphatic rings. The number of amides is 1. The van der Waals surface area contributed by atoms with Gasteiger partial charge in [0.15, 0.2) is 6.29 Å². The standard InChI is InChI=1S/C16H23NO6/c1-10(19)17-13-15(21)14(20)12(9-18)23-16(13)22-8-7-11-5-3-2-4-6-11/h2-6,12-16,18,20-21H,7-9H2,1H3,(H,17,19)/t12-,13-,14-,15-,16+/m1/s1. The molecule has 5 atom stereocenters. The number of hydrogen-bond acceptors (Lipinski definition) is 6. The van der Waals surface area contributed by atoms with Crippen molar-refractivity contribution in [3.8, 4) is 0 Å². The van der Waals surface area contributed by atoms with Gasteiger partial charge in [0.05, 0.1) is 13.2 Å². The third kappa shape index (κ3) is 4.73. The maximum Gasteiger partial charge on any atom is 0.217 e. The summed E-state index contributed by atoms with van der Waals surface area (Å²) in [4.78, 5) is 11.3. The Morgan fingerprint density at radius 2 is 1.96 bits per heavy atom. The second kappa shape index (κ2) is 8.37. The van der Waals surface area contributed by atoms with Crippen molar-refractivity contribution < 1.29 is 29.6 Å². The number of carbonyl (C=O) groups is 1. The fourth-order valence-electron chi connectivity index (χ4n) is 2.55. The van der Waals surface area contributed by atoms with Gasteiger partial charge in [0.1, 0.15) is 24.4 Å². The van der Waals surface area contributed by atoms with Crippen molar-refractivity contribution >= 4 is 5.91 Å². The molecule has 0 saturated carbocycles. The van der Waals surface area contributed by atoms with Crippen LogP contribution < -0.4 is 5.32 Å². The van der Waals surface area contributed by atoms with E-state index in [4.69, 9.17) is 9.47 Å². The predicted molar refractivity (Wildman–Crippen MR) is 81.5 cm³/mol. The quantitative estimate of drug-likeness (QED) is 0.545. The van der Waals surface area contributed by atoms with Crippen molar-refractivity contribution in [2.75, 3.05) is 13.2 Å². The Balaban J connectivity index is 1.98. The number of ether oxygens (including phenoxy) is 2. The Bertz CT molecular complexity index is 497. The van der Waals surface area contributed by atoms with Gasteiger partial charge >= 0.3 is 0 Å². The lowest BCUT2D eigenvalue weighted by molar-refractivity contribution is -0.269. The third-order valence-corrected chi connectivity index (χ3v) is 3.77. The van der Waals surface area contributed by atoms with E-state index in [0.29, 0.717) is 13.0 Å². The minimum Gasteiger partial charge on any atom is -0.394 e. The fourth-order valence-corrected chi connectivity index (χ4v) is 2.55. The monoisotopic (exact) mass is 325 g/mol. The number of aliphatic hydroxyl groups is 3. The Morgan fingerprint density at radius 1 is 1.26 bits per heavy atom. The van der Waals surface area contributed by atoms with Gasteiger partial charge < -0.3 is 30.1 Å². The molecule has 1 aromatic carbocycles. The van der Waals surface area contributed by atoms with Crippen LogP contribution in [0.4, 0.5) is 0 Å². The van der Waals surface area contributed by atoms with Gasteiger partial charge in [0, 0.05) is 6.92 Å². The van der Waals surface area contributed by atoms with E-state index >= 15 is 0 Å². The van der Waals surface area contributed by atoms with Gasteiger partial charge in [-0.1, -0.05) is 30.3 Å². The molecule has 7 nitrogen and oxygen atoms in total. The summed E-state index contributed by atoms with van der Waals surface area (Å²) < 4.78 is 11.1. The highest BCUT2D eigenvalue weighted by molar-refractivity contribution is 5.73. The molecule has 0 aliphatic carbocycles. The van der Waals surface area contributed by atoms with E-state index in [1.54, 1.807) is 0 Å². The number of rotatable bonds is 6. The fraction of sp³-hybridized carbons (Fsp3) is 0.562. The lowest BCUT2D eigenvalue weighted by Gasteiger charge is -2.42. The average molecular weight is 325 g/mol. The van der Waals surface area contributed by atoms with Crippen molar-refractivity contribution in [2.24, 2.45) is 0 Å². The van der Waals surface area contributed by atoms with Gasteiger partial charge in [-0.25, -0.2) is 0 Å². The molecule has 1 fully saturated rings. The van der Waals surface area contributed by atoms with E-state index in [-0.39, 0.29) is 5.91 Å². The molecule has 7 heteroatoms. The first-order chi connectivity index (χ1) is 11.0. The number of benzene rings is 1. The zero-order valence-corrected chi connectivity index (χ0v) is 13.0. The summed E-state index contributed by atoms with van der Waals surface area (Å²) in [6.45, 7) is 1.16. The van der Waals surface area contributed by atoms with Crippen LogP contribution >= 0.6 is 0 Å². The maximum atomic E-state index is 11.3. The second-order valence-electron chi connectivity index (χ2n) is 5.54. The van der Waals surface area contributed by atoms with Gasteiger partial charge in [-0.05, 0) is 12.0 Å². The minimum atomic E-state index is -1.30. The van der Waals surface area contributed by atoms with Crippen LogP contribution in [0.5, 0.6) is 0 Å². The average Bonchev–Trinajstić information content (AvgIpc) is 2.54. The van der Waals surface area contributed by atoms with Crippen LogP contribution in [0.15, 0.2) is 30.3 Å². The summed E-state index contributed by atoms with van der Waals surface area (Å²) in [5.74, 6) is -0.371. The summed E-state index contributed by atoms with van der Waals surface area (Å²) in [6.07, 6.45) is -3.86. The zero-order chi connectivity index (χ0) is 16.8. The van der Waals surface area contributed by atoms with Crippen LogP contribution in [0.1, 0.15) is 12.5 Å². The van der Waals surface area contributed by atoms with Crippen LogP contribution in [0, 0.1) is 0 Å². The van der Waals surface area contributed by atoms with Crippen molar-refractivity contribution in [1.82, 2.24) is 5.32 Å². The van der Waals surface area contributed by atoms with E-state index < -0.39 is 37.3 Å². The summed E-state index contributed by atoms with van der Waals surface area (Å²) in [5, 5.41) is 31.8. The van der Waals surface area contributed by atoms with Crippen molar-refractivity contribution in [1.29, 1.82) is 0 Å². The molecular formula is C16H23NO6. The molecule has 0 aromatic heterocycles. The molecule has 1 aliphatic heterocycles. The third-order valence-electron chi connectivity index (χ3n) is 3.77. The van der Waals surface area contributed by atoms with E-state index in [9.17, 15) is 20.1 Å². The zero-order valence-electron chi connectivity index (χ0n) is 13.0. The molecule has 0 spiro atoms. The highest BCUT2D eigenvalue weighted by Gasteiger charge is 2.45. The molecule has 0 radical (unpaired) electrons. The summed E-state index contributed by atoms with van der Waals surface area (Å²) in [7, 11) is 0. The Labute approximate surface area is 134 Å². The van der Waals surface area contributed by atoms with Gasteiger partial charge in [-0.2, -0.15) is 0 Å². The Morgan fingerprint density at radius 3 is 2.57 bits per heavy atom. The minimum absolute atomic E-state index is 0.311. The van der Waals surface area contributed by atoms with Crippen LogP contribution in [-0.2, 0) is 20.7 Å². The molecule has 1 saturated heterocycles. The highest BCUT2D eigenvalue weighted by Crippen LogP contribution is 2.22. The van der Waals surface area contributed by atoms with Crippen molar-refractivity contribution in [2.45, 2.75) is 44.0 Å². The number of nitrogens with one attached hydrogen (secondary N) is 1. The van der Waals surface area contributed by atoms with Gasteiger partial charge in [0.2, 0.25) is 5.91 Å². The lowest BCUT2D eigenvalue weighted by atomic mass is 9.97. The molecule has 1 amide bonds. The smallest absolute Gasteiger partial charge is 0.217 e.